The Morgan fingerprint density at radius 1 is 1.69 bits per heavy atom. The molecule has 1 fully saturated rings. The van der Waals surface area contributed by atoms with Crippen molar-refractivity contribution in [3.05, 3.63) is 20.7 Å². The molecule has 1 amide bonds. The Bertz CT molecular complexity index is 426. The van der Waals surface area contributed by atoms with E-state index in [4.69, 9.17) is 0 Å². The zero-order chi connectivity index (χ0) is 11.5. The van der Waals surface area contributed by atoms with Crippen molar-refractivity contribution in [3.8, 4) is 0 Å². The number of amides is 1. The van der Waals surface area contributed by atoms with Crippen LogP contribution in [0.3, 0.4) is 0 Å². The summed E-state index contributed by atoms with van der Waals surface area (Å²) < 4.78 is 0. The lowest BCUT2D eigenvalue weighted by Gasteiger charge is -2.14. The third-order valence-electron chi connectivity index (χ3n) is 2.84. The Labute approximate surface area is 97.3 Å². The maximum absolute atomic E-state index is 11.8. The van der Waals surface area contributed by atoms with Crippen molar-refractivity contribution in [2.75, 3.05) is 6.54 Å². The smallest absolute Gasteiger partial charge is 0.304 e. The van der Waals surface area contributed by atoms with E-state index in [2.05, 4.69) is 22.5 Å². The lowest BCUT2D eigenvalue weighted by molar-refractivity contribution is -0.123. The molecule has 0 spiro atoms. The average molecular weight is 241 g/mol. The molecule has 3 N–H and O–H groups in total. The number of nitrogens with one attached hydrogen (secondary N) is 3. The van der Waals surface area contributed by atoms with Crippen LogP contribution in [0.2, 0.25) is 0 Å². The summed E-state index contributed by atoms with van der Waals surface area (Å²) in [6.07, 6.45) is 1.04. The first-order valence-electron chi connectivity index (χ1n) is 5.34. The molecule has 0 aromatic carbocycles. The van der Waals surface area contributed by atoms with Crippen molar-refractivity contribution in [1.29, 1.82) is 0 Å². The van der Waals surface area contributed by atoms with Gasteiger partial charge in [0.2, 0.25) is 5.91 Å². The van der Waals surface area contributed by atoms with Gasteiger partial charge in [-0.15, -0.1) is 0 Å². The third-order valence-corrected chi connectivity index (χ3v) is 3.56. The summed E-state index contributed by atoms with van der Waals surface area (Å²) in [6.45, 7) is 3.35. The van der Waals surface area contributed by atoms with Crippen LogP contribution < -0.4 is 15.5 Å². The predicted molar refractivity (Wildman–Crippen MR) is 62.4 cm³/mol. The van der Waals surface area contributed by atoms with Crippen LogP contribution in [0.5, 0.6) is 0 Å². The number of carbonyl (C=O) groups is 1. The predicted octanol–water partition coefficient (Wildman–Crippen LogP) is 0.0506. The van der Waals surface area contributed by atoms with Crippen molar-refractivity contribution < 1.29 is 4.79 Å². The normalized spacial score (nSPS) is 24.6. The molecule has 1 aliphatic rings. The fourth-order valence-electron chi connectivity index (χ4n) is 1.88. The molecule has 1 aromatic heterocycles. The highest BCUT2D eigenvalue weighted by Gasteiger charge is 2.28. The molecule has 2 unspecified atom stereocenters. The Balaban J connectivity index is 1.86. The van der Waals surface area contributed by atoms with E-state index in [1.807, 2.05) is 0 Å². The van der Waals surface area contributed by atoms with Gasteiger partial charge < -0.3 is 15.6 Å². The monoisotopic (exact) mass is 241 g/mol. The fourth-order valence-corrected chi connectivity index (χ4v) is 2.46. The molecule has 6 heteroatoms. The number of aromatic amines is 1. The number of H-pyrrole nitrogens is 1. The number of aromatic nitrogens is 1. The molecule has 5 nitrogen and oxygen atoms in total. The molecule has 0 saturated carbocycles. The largest absolute Gasteiger partial charge is 0.349 e. The summed E-state index contributed by atoms with van der Waals surface area (Å²) in [5.41, 5.74) is 0.758. The first-order valence-corrected chi connectivity index (χ1v) is 6.22. The van der Waals surface area contributed by atoms with Crippen LogP contribution >= 0.6 is 11.3 Å². The van der Waals surface area contributed by atoms with E-state index in [0.717, 1.165) is 30.0 Å². The molecule has 0 aliphatic carbocycles. The van der Waals surface area contributed by atoms with E-state index in [1.165, 1.54) is 0 Å². The van der Waals surface area contributed by atoms with Gasteiger partial charge in [0.1, 0.15) is 0 Å². The van der Waals surface area contributed by atoms with Crippen LogP contribution in [0.15, 0.2) is 10.2 Å². The van der Waals surface area contributed by atoms with Gasteiger partial charge in [0.25, 0.3) is 0 Å². The van der Waals surface area contributed by atoms with Crippen molar-refractivity contribution in [1.82, 2.24) is 15.6 Å². The van der Waals surface area contributed by atoms with Gasteiger partial charge in [-0.05, 0) is 18.9 Å². The van der Waals surface area contributed by atoms with Gasteiger partial charge in [-0.25, -0.2) is 0 Å². The van der Waals surface area contributed by atoms with E-state index in [9.17, 15) is 9.59 Å². The Morgan fingerprint density at radius 2 is 2.50 bits per heavy atom. The molecule has 1 saturated heterocycles. The van der Waals surface area contributed by atoms with Gasteiger partial charge in [0.05, 0.1) is 12.6 Å². The van der Waals surface area contributed by atoms with Gasteiger partial charge in [-0.2, -0.15) is 0 Å². The molecule has 16 heavy (non-hydrogen) atoms. The van der Waals surface area contributed by atoms with Gasteiger partial charge in [0.15, 0.2) is 0 Å². The Hall–Kier alpha value is -1.14. The van der Waals surface area contributed by atoms with E-state index >= 15 is 0 Å². The van der Waals surface area contributed by atoms with E-state index in [1.54, 1.807) is 5.38 Å². The second-order valence-electron chi connectivity index (χ2n) is 4.09. The highest BCUT2D eigenvalue weighted by molar-refractivity contribution is 7.07. The minimum absolute atomic E-state index is 0.0112. The maximum atomic E-state index is 11.8. The lowest BCUT2D eigenvalue weighted by atomic mass is 10.0. The first-order chi connectivity index (χ1) is 7.66. The number of hydrogen-bond acceptors (Lipinski definition) is 4. The lowest BCUT2D eigenvalue weighted by Crippen LogP contribution is -2.43. The molecule has 2 atom stereocenters. The second-order valence-corrected chi connectivity index (χ2v) is 4.93. The summed E-state index contributed by atoms with van der Waals surface area (Å²) >= 11 is 1.11. The van der Waals surface area contributed by atoms with Crippen LogP contribution in [-0.4, -0.2) is 23.5 Å². The van der Waals surface area contributed by atoms with Crippen LogP contribution in [0.1, 0.15) is 19.0 Å². The quantitative estimate of drug-likeness (QED) is 0.700. The minimum atomic E-state index is -0.0923. The molecule has 1 aliphatic heterocycles. The van der Waals surface area contributed by atoms with E-state index < -0.39 is 0 Å². The number of hydrogen-bond donors (Lipinski definition) is 3. The molecular formula is C10H15N3O2S. The molecule has 2 rings (SSSR count). The first kappa shape index (κ1) is 11.3. The highest BCUT2D eigenvalue weighted by atomic mass is 32.1. The van der Waals surface area contributed by atoms with E-state index in [-0.39, 0.29) is 16.8 Å². The Kier molecular flexibility index (Phi) is 3.40. The molecule has 2 heterocycles. The summed E-state index contributed by atoms with van der Waals surface area (Å²) in [5.74, 6) is 0.388. The van der Waals surface area contributed by atoms with Crippen LogP contribution in [0.25, 0.3) is 0 Å². The number of thiazole rings is 1. The zero-order valence-corrected chi connectivity index (χ0v) is 9.89. The molecule has 1 aromatic rings. The van der Waals surface area contributed by atoms with Gasteiger partial charge in [-0.1, -0.05) is 18.3 Å². The maximum Gasteiger partial charge on any atom is 0.304 e. The molecule has 0 bridgehead atoms. The topological polar surface area (TPSA) is 74.0 Å². The van der Waals surface area contributed by atoms with Crippen LogP contribution in [-0.2, 0) is 11.3 Å². The average Bonchev–Trinajstić information content (AvgIpc) is 2.84. The van der Waals surface area contributed by atoms with Crippen LogP contribution in [0, 0.1) is 5.92 Å². The minimum Gasteiger partial charge on any atom is -0.349 e. The standard InChI is InChI=1S/C10H15N3O2S/c1-6-2-3-11-8(6)9(14)12-4-7-5-16-10(15)13-7/h5-6,8,11H,2-4H2,1H3,(H,12,14)(H,13,15). The number of carbonyl (C=O) groups excluding carboxylic acids is 1. The summed E-state index contributed by atoms with van der Waals surface area (Å²) in [5, 5.41) is 7.72. The second kappa shape index (κ2) is 4.80. The van der Waals surface area contributed by atoms with Crippen molar-refractivity contribution in [2.45, 2.75) is 25.9 Å². The fraction of sp³-hybridized carbons (Fsp3) is 0.600. The highest BCUT2D eigenvalue weighted by Crippen LogP contribution is 2.14. The van der Waals surface area contributed by atoms with Crippen molar-refractivity contribution in [3.63, 3.8) is 0 Å². The third kappa shape index (κ3) is 2.51. The van der Waals surface area contributed by atoms with Gasteiger partial charge >= 0.3 is 4.87 Å². The van der Waals surface area contributed by atoms with Crippen molar-refractivity contribution >= 4 is 17.2 Å². The summed E-state index contributed by atoms with van der Waals surface area (Å²) in [4.78, 5) is 25.2. The SMILES string of the molecule is CC1CCNC1C(=O)NCc1csc(=O)[nH]1. The summed E-state index contributed by atoms with van der Waals surface area (Å²) in [6, 6.07) is -0.0923. The summed E-state index contributed by atoms with van der Waals surface area (Å²) in [7, 11) is 0. The number of rotatable bonds is 3. The van der Waals surface area contributed by atoms with E-state index in [0.29, 0.717) is 12.5 Å². The van der Waals surface area contributed by atoms with Gasteiger partial charge in [-0.3, -0.25) is 9.59 Å². The molecule has 88 valence electrons. The Morgan fingerprint density at radius 3 is 3.06 bits per heavy atom. The molecular weight excluding hydrogens is 226 g/mol. The van der Waals surface area contributed by atoms with Crippen LogP contribution in [0.4, 0.5) is 0 Å². The zero-order valence-electron chi connectivity index (χ0n) is 9.08. The molecule has 0 radical (unpaired) electrons. The van der Waals surface area contributed by atoms with Crippen molar-refractivity contribution in [2.24, 2.45) is 5.92 Å². The van der Waals surface area contributed by atoms with Gasteiger partial charge in [0, 0.05) is 11.1 Å².